The quantitative estimate of drug-likeness (QED) is 0.797. The molecule has 0 aliphatic carbocycles. The van der Waals surface area contributed by atoms with E-state index in [9.17, 15) is 20.7 Å². The highest BCUT2D eigenvalue weighted by Crippen LogP contribution is 2.26. The van der Waals surface area contributed by atoms with Crippen LogP contribution in [-0.4, -0.2) is 33.7 Å². The Bertz CT molecular complexity index is 700. The average molecular weight is 321 g/mol. The van der Waals surface area contributed by atoms with Gasteiger partial charge in [0.05, 0.1) is 9.79 Å². The van der Waals surface area contributed by atoms with Crippen LogP contribution < -0.4 is 0 Å². The van der Waals surface area contributed by atoms with Crippen LogP contribution in [0.15, 0.2) is 34.1 Å². The van der Waals surface area contributed by atoms with Crippen molar-refractivity contribution < 1.29 is 20.7 Å². The highest BCUT2D eigenvalue weighted by atomic mass is 32.3. The van der Waals surface area contributed by atoms with Gasteiger partial charge in [0.2, 0.25) is 10.0 Å². The standard InChI is InChI=1S/C12H16FNO4S2/c1-10-5-2-3-8-14(10)20(17,18)12-7-4-6-11(9-12)19(13,15)16/h4,6-7,9-10H,2-3,5,8H2,1H3. The van der Waals surface area contributed by atoms with Crippen LogP contribution in [0.1, 0.15) is 26.2 Å². The zero-order valence-corrected chi connectivity index (χ0v) is 12.6. The molecule has 0 N–H and O–H groups in total. The third-order valence-electron chi connectivity index (χ3n) is 3.44. The first-order valence-electron chi connectivity index (χ1n) is 6.29. The maximum absolute atomic E-state index is 13.0. The summed E-state index contributed by atoms with van der Waals surface area (Å²) in [5.41, 5.74) is 0. The van der Waals surface area contributed by atoms with E-state index in [1.54, 1.807) is 0 Å². The molecule has 2 rings (SSSR count). The van der Waals surface area contributed by atoms with E-state index in [1.807, 2.05) is 6.92 Å². The lowest BCUT2D eigenvalue weighted by atomic mass is 10.1. The molecule has 1 aliphatic rings. The molecule has 0 aromatic heterocycles. The Morgan fingerprint density at radius 1 is 1.15 bits per heavy atom. The van der Waals surface area contributed by atoms with Gasteiger partial charge in [-0.15, -0.1) is 3.89 Å². The van der Waals surface area contributed by atoms with Crippen molar-refractivity contribution in [2.24, 2.45) is 0 Å². The number of nitrogens with zero attached hydrogens (tertiary/aromatic N) is 1. The zero-order chi connectivity index (χ0) is 15.0. The van der Waals surface area contributed by atoms with Crippen molar-refractivity contribution in [3.05, 3.63) is 24.3 Å². The van der Waals surface area contributed by atoms with Gasteiger partial charge < -0.3 is 0 Å². The van der Waals surface area contributed by atoms with Crippen molar-refractivity contribution in [1.29, 1.82) is 0 Å². The fourth-order valence-electron chi connectivity index (χ4n) is 2.35. The molecule has 0 amide bonds. The van der Waals surface area contributed by atoms with Gasteiger partial charge in [-0.1, -0.05) is 12.5 Å². The molecule has 1 unspecified atom stereocenters. The molecule has 20 heavy (non-hydrogen) atoms. The van der Waals surface area contributed by atoms with Gasteiger partial charge in [0.15, 0.2) is 0 Å². The number of hydrogen-bond donors (Lipinski definition) is 0. The molecule has 0 spiro atoms. The molecule has 0 bridgehead atoms. The minimum absolute atomic E-state index is 0.139. The van der Waals surface area contributed by atoms with Crippen LogP contribution >= 0.6 is 0 Å². The van der Waals surface area contributed by atoms with E-state index in [1.165, 1.54) is 16.4 Å². The summed E-state index contributed by atoms with van der Waals surface area (Å²) in [4.78, 5) is -0.826. The Kier molecular flexibility index (Phi) is 4.17. The number of rotatable bonds is 3. The van der Waals surface area contributed by atoms with Crippen molar-refractivity contribution in [3.63, 3.8) is 0 Å². The molecule has 0 radical (unpaired) electrons. The maximum atomic E-state index is 13.0. The van der Waals surface area contributed by atoms with Gasteiger partial charge in [0, 0.05) is 12.6 Å². The third-order valence-corrected chi connectivity index (χ3v) is 6.26. The SMILES string of the molecule is CC1CCCCN1S(=O)(=O)c1cccc(S(=O)(=O)F)c1. The minimum atomic E-state index is -4.91. The number of halogens is 1. The van der Waals surface area contributed by atoms with Gasteiger partial charge in [0.1, 0.15) is 0 Å². The van der Waals surface area contributed by atoms with E-state index in [2.05, 4.69) is 0 Å². The second-order valence-electron chi connectivity index (χ2n) is 4.87. The smallest absolute Gasteiger partial charge is 0.207 e. The van der Waals surface area contributed by atoms with Gasteiger partial charge in [-0.3, -0.25) is 0 Å². The summed E-state index contributed by atoms with van der Waals surface area (Å²) >= 11 is 0. The molecule has 1 heterocycles. The predicted octanol–water partition coefficient (Wildman–Crippen LogP) is 1.91. The van der Waals surface area contributed by atoms with Gasteiger partial charge in [-0.2, -0.15) is 12.7 Å². The molecule has 1 atom stereocenters. The Labute approximate surface area is 118 Å². The monoisotopic (exact) mass is 321 g/mol. The summed E-state index contributed by atoms with van der Waals surface area (Å²) in [5.74, 6) is 0. The minimum Gasteiger partial charge on any atom is -0.207 e. The molecule has 1 aromatic carbocycles. The van der Waals surface area contributed by atoms with Crippen LogP contribution in [0.25, 0.3) is 0 Å². The lowest BCUT2D eigenvalue weighted by Gasteiger charge is -2.32. The molecule has 112 valence electrons. The Balaban J connectivity index is 2.44. The molecule has 1 saturated heterocycles. The van der Waals surface area contributed by atoms with E-state index < -0.39 is 25.1 Å². The Hall–Kier alpha value is -0.990. The van der Waals surface area contributed by atoms with Gasteiger partial charge in [-0.05, 0) is 38.0 Å². The number of piperidine rings is 1. The summed E-state index contributed by atoms with van der Waals surface area (Å²) in [6.07, 6.45) is 2.50. The summed E-state index contributed by atoms with van der Waals surface area (Å²) in [6, 6.07) is 4.28. The topological polar surface area (TPSA) is 71.5 Å². The zero-order valence-electron chi connectivity index (χ0n) is 11.0. The van der Waals surface area contributed by atoms with Crippen LogP contribution in [0.5, 0.6) is 0 Å². The van der Waals surface area contributed by atoms with Gasteiger partial charge in [0.25, 0.3) is 0 Å². The first-order valence-corrected chi connectivity index (χ1v) is 9.12. The van der Waals surface area contributed by atoms with E-state index in [4.69, 9.17) is 0 Å². The number of hydrogen-bond acceptors (Lipinski definition) is 4. The summed E-state index contributed by atoms with van der Waals surface area (Å²) in [5, 5.41) is 0. The van der Waals surface area contributed by atoms with E-state index in [-0.39, 0.29) is 10.9 Å². The van der Waals surface area contributed by atoms with Crippen molar-refractivity contribution in [2.45, 2.75) is 42.0 Å². The molecule has 0 saturated carbocycles. The molecule has 5 nitrogen and oxygen atoms in total. The van der Waals surface area contributed by atoms with Gasteiger partial charge >= 0.3 is 10.2 Å². The second-order valence-corrected chi connectivity index (χ2v) is 8.11. The highest BCUT2D eigenvalue weighted by molar-refractivity contribution is 7.89. The molecule has 1 fully saturated rings. The van der Waals surface area contributed by atoms with Crippen LogP contribution in [0.4, 0.5) is 3.89 Å². The molecular weight excluding hydrogens is 305 g/mol. The molecule has 1 aliphatic heterocycles. The highest BCUT2D eigenvalue weighted by Gasteiger charge is 2.31. The van der Waals surface area contributed by atoms with Crippen molar-refractivity contribution >= 4 is 20.2 Å². The third kappa shape index (κ3) is 3.02. The van der Waals surface area contributed by atoms with Crippen LogP contribution in [0.2, 0.25) is 0 Å². The lowest BCUT2D eigenvalue weighted by Crippen LogP contribution is -2.41. The first kappa shape index (κ1) is 15.4. The van der Waals surface area contributed by atoms with Crippen LogP contribution in [-0.2, 0) is 20.2 Å². The summed E-state index contributed by atoms with van der Waals surface area (Å²) in [7, 11) is -8.70. The summed E-state index contributed by atoms with van der Waals surface area (Å²) < 4.78 is 61.0. The lowest BCUT2D eigenvalue weighted by molar-refractivity contribution is 0.268. The first-order chi connectivity index (χ1) is 9.23. The second kappa shape index (κ2) is 5.42. The van der Waals surface area contributed by atoms with Crippen LogP contribution in [0, 0.1) is 0 Å². The summed E-state index contributed by atoms with van der Waals surface area (Å²) in [6.45, 7) is 2.21. The van der Waals surface area contributed by atoms with E-state index >= 15 is 0 Å². The predicted molar refractivity (Wildman–Crippen MR) is 71.9 cm³/mol. The number of sulfonamides is 1. The van der Waals surface area contributed by atoms with E-state index in [0.717, 1.165) is 31.4 Å². The van der Waals surface area contributed by atoms with Gasteiger partial charge in [-0.25, -0.2) is 8.42 Å². The van der Waals surface area contributed by atoms with Crippen LogP contribution in [0.3, 0.4) is 0 Å². The largest absolute Gasteiger partial charge is 0.332 e. The fraction of sp³-hybridized carbons (Fsp3) is 0.500. The van der Waals surface area contributed by atoms with Crippen molar-refractivity contribution in [1.82, 2.24) is 4.31 Å². The molecule has 8 heteroatoms. The van der Waals surface area contributed by atoms with Crippen molar-refractivity contribution in [3.8, 4) is 0 Å². The number of benzene rings is 1. The fourth-order valence-corrected chi connectivity index (χ4v) is 4.68. The molecule has 1 aromatic rings. The molecular formula is C12H16FNO4S2. The Morgan fingerprint density at radius 2 is 1.80 bits per heavy atom. The average Bonchev–Trinajstić information content (AvgIpc) is 2.38. The van der Waals surface area contributed by atoms with E-state index in [0.29, 0.717) is 6.54 Å². The maximum Gasteiger partial charge on any atom is 0.332 e. The Morgan fingerprint density at radius 3 is 2.40 bits per heavy atom. The normalized spacial score (nSPS) is 21.8. The van der Waals surface area contributed by atoms with Crippen molar-refractivity contribution in [2.75, 3.05) is 6.54 Å².